The van der Waals surface area contributed by atoms with Gasteiger partial charge in [0, 0.05) is 18.0 Å². The minimum absolute atomic E-state index is 0.0314. The Morgan fingerprint density at radius 2 is 2.52 bits per heavy atom. The highest BCUT2D eigenvalue weighted by Gasteiger charge is 2.27. The van der Waals surface area contributed by atoms with Crippen LogP contribution in [0.3, 0.4) is 0 Å². The Balaban J connectivity index is 1.72. The van der Waals surface area contributed by atoms with E-state index in [1.807, 2.05) is 6.07 Å². The number of carbonyl (C=O) groups excluding carboxylic acids is 1. The lowest BCUT2D eigenvalue weighted by atomic mass is 10.1. The Morgan fingerprint density at radius 1 is 1.67 bits per heavy atom. The first-order chi connectivity index (χ1) is 10.2. The smallest absolute Gasteiger partial charge is 0.317 e. The fraction of sp³-hybridized carbons (Fsp3) is 0.667. The van der Waals surface area contributed by atoms with Crippen molar-refractivity contribution in [2.24, 2.45) is 0 Å². The number of morpholine rings is 1. The molecule has 1 saturated heterocycles. The summed E-state index contributed by atoms with van der Waals surface area (Å²) >= 11 is 1.75. The molecule has 1 aliphatic rings. The fourth-order valence-electron chi connectivity index (χ4n) is 2.53. The standard InChI is InChI=1S/C15H24N2O3S/c1-12(18)10-13-11-20-8-7-17(13)15(19)16-6-2-4-14-5-3-9-21-14/h3,5,9,12-13,18H,2,4,6-8,10-11H2,1H3,(H,16,19)/t12-,13-/m0/s1. The van der Waals surface area contributed by atoms with E-state index in [2.05, 4.69) is 16.8 Å². The van der Waals surface area contributed by atoms with Crippen molar-refractivity contribution < 1.29 is 14.6 Å². The molecule has 6 heteroatoms. The first-order valence-electron chi connectivity index (χ1n) is 7.49. The number of aliphatic hydroxyl groups is 1. The van der Waals surface area contributed by atoms with E-state index in [9.17, 15) is 9.90 Å². The second-order valence-corrected chi connectivity index (χ2v) is 6.45. The molecule has 0 aromatic carbocycles. The summed E-state index contributed by atoms with van der Waals surface area (Å²) in [5.74, 6) is 0. The summed E-state index contributed by atoms with van der Waals surface area (Å²) in [6.07, 6.45) is 2.07. The number of rotatable bonds is 6. The molecular formula is C15H24N2O3S. The van der Waals surface area contributed by atoms with Crippen LogP contribution in [0.4, 0.5) is 4.79 Å². The van der Waals surface area contributed by atoms with Crippen LogP contribution in [0.15, 0.2) is 17.5 Å². The zero-order valence-electron chi connectivity index (χ0n) is 12.5. The third kappa shape index (κ3) is 5.30. The molecule has 118 valence electrons. The van der Waals surface area contributed by atoms with Gasteiger partial charge in [-0.3, -0.25) is 0 Å². The zero-order valence-corrected chi connectivity index (χ0v) is 13.3. The van der Waals surface area contributed by atoms with Crippen molar-refractivity contribution in [3.63, 3.8) is 0 Å². The van der Waals surface area contributed by atoms with Crippen molar-refractivity contribution in [3.8, 4) is 0 Å². The van der Waals surface area contributed by atoms with E-state index in [0.29, 0.717) is 32.7 Å². The van der Waals surface area contributed by atoms with Gasteiger partial charge in [0.15, 0.2) is 0 Å². The molecule has 2 heterocycles. The molecule has 0 bridgehead atoms. The topological polar surface area (TPSA) is 61.8 Å². The van der Waals surface area contributed by atoms with Gasteiger partial charge in [-0.15, -0.1) is 11.3 Å². The van der Waals surface area contributed by atoms with Crippen molar-refractivity contribution >= 4 is 17.4 Å². The summed E-state index contributed by atoms with van der Waals surface area (Å²) in [7, 11) is 0. The lowest BCUT2D eigenvalue weighted by Crippen LogP contribution is -2.53. The second-order valence-electron chi connectivity index (χ2n) is 5.42. The van der Waals surface area contributed by atoms with E-state index >= 15 is 0 Å². The van der Waals surface area contributed by atoms with Gasteiger partial charge in [0.2, 0.25) is 0 Å². The predicted molar refractivity (Wildman–Crippen MR) is 83.6 cm³/mol. The number of aryl methyl sites for hydroxylation is 1. The summed E-state index contributed by atoms with van der Waals surface area (Å²) < 4.78 is 5.41. The van der Waals surface area contributed by atoms with Gasteiger partial charge in [0.1, 0.15) is 0 Å². The first-order valence-corrected chi connectivity index (χ1v) is 8.37. The summed E-state index contributed by atoms with van der Waals surface area (Å²) in [5.41, 5.74) is 0. The van der Waals surface area contributed by atoms with Crippen LogP contribution in [0.25, 0.3) is 0 Å². The summed E-state index contributed by atoms with van der Waals surface area (Å²) in [4.78, 5) is 15.4. The number of hydrogen-bond donors (Lipinski definition) is 2. The number of carbonyl (C=O) groups is 1. The van der Waals surface area contributed by atoms with Gasteiger partial charge in [-0.2, -0.15) is 0 Å². The number of aliphatic hydroxyl groups excluding tert-OH is 1. The van der Waals surface area contributed by atoms with Gasteiger partial charge in [-0.1, -0.05) is 6.07 Å². The van der Waals surface area contributed by atoms with E-state index < -0.39 is 6.10 Å². The molecular weight excluding hydrogens is 288 g/mol. The number of thiophene rings is 1. The van der Waals surface area contributed by atoms with Crippen molar-refractivity contribution in [2.75, 3.05) is 26.3 Å². The monoisotopic (exact) mass is 312 g/mol. The molecule has 2 amide bonds. The third-order valence-electron chi connectivity index (χ3n) is 3.56. The summed E-state index contributed by atoms with van der Waals surface area (Å²) in [6.45, 7) is 4.09. The van der Waals surface area contributed by atoms with Gasteiger partial charge >= 0.3 is 6.03 Å². The number of ether oxygens (including phenoxy) is 1. The molecule has 0 saturated carbocycles. The molecule has 1 fully saturated rings. The quantitative estimate of drug-likeness (QED) is 0.788. The van der Waals surface area contributed by atoms with Crippen molar-refractivity contribution in [1.29, 1.82) is 0 Å². The Morgan fingerprint density at radius 3 is 3.24 bits per heavy atom. The molecule has 21 heavy (non-hydrogen) atoms. The molecule has 2 N–H and O–H groups in total. The largest absolute Gasteiger partial charge is 0.393 e. The van der Waals surface area contributed by atoms with Crippen LogP contribution in [0.5, 0.6) is 0 Å². The maximum absolute atomic E-state index is 12.2. The van der Waals surface area contributed by atoms with E-state index in [4.69, 9.17) is 4.74 Å². The number of hydrogen-bond acceptors (Lipinski definition) is 4. The molecule has 5 nitrogen and oxygen atoms in total. The second kappa shape index (κ2) is 8.36. The lowest BCUT2D eigenvalue weighted by molar-refractivity contribution is -0.00428. The Labute approximate surface area is 129 Å². The fourth-order valence-corrected chi connectivity index (χ4v) is 3.28. The van der Waals surface area contributed by atoms with Crippen LogP contribution in [0.2, 0.25) is 0 Å². The van der Waals surface area contributed by atoms with E-state index in [1.165, 1.54) is 4.88 Å². The van der Waals surface area contributed by atoms with Gasteiger partial charge in [0.05, 0.1) is 25.4 Å². The number of nitrogens with zero attached hydrogens (tertiary/aromatic N) is 1. The average molecular weight is 312 g/mol. The van der Waals surface area contributed by atoms with Crippen LogP contribution in [0, 0.1) is 0 Å². The number of amides is 2. The summed E-state index contributed by atoms with van der Waals surface area (Å²) in [6, 6.07) is 4.09. The Hall–Kier alpha value is -1.11. The normalized spacial score (nSPS) is 20.3. The molecule has 2 rings (SSSR count). The maximum atomic E-state index is 12.2. The Bertz CT molecular complexity index is 423. The van der Waals surface area contributed by atoms with Crippen LogP contribution < -0.4 is 5.32 Å². The van der Waals surface area contributed by atoms with E-state index in [-0.39, 0.29) is 12.1 Å². The van der Waals surface area contributed by atoms with Crippen molar-refractivity contribution in [2.45, 2.75) is 38.3 Å². The highest BCUT2D eigenvalue weighted by molar-refractivity contribution is 7.09. The summed E-state index contributed by atoms with van der Waals surface area (Å²) in [5, 5.41) is 14.6. The van der Waals surface area contributed by atoms with Gasteiger partial charge < -0.3 is 20.1 Å². The molecule has 0 radical (unpaired) electrons. The number of urea groups is 1. The average Bonchev–Trinajstić information content (AvgIpc) is 2.96. The molecule has 0 spiro atoms. The van der Waals surface area contributed by atoms with Crippen LogP contribution in [-0.4, -0.2) is 54.5 Å². The van der Waals surface area contributed by atoms with Gasteiger partial charge in [-0.05, 0) is 37.6 Å². The highest BCUT2D eigenvalue weighted by Crippen LogP contribution is 2.13. The van der Waals surface area contributed by atoms with Crippen LogP contribution in [0.1, 0.15) is 24.6 Å². The molecule has 1 aromatic rings. The van der Waals surface area contributed by atoms with Crippen molar-refractivity contribution in [1.82, 2.24) is 10.2 Å². The van der Waals surface area contributed by atoms with Gasteiger partial charge in [0.25, 0.3) is 0 Å². The van der Waals surface area contributed by atoms with Crippen molar-refractivity contribution in [3.05, 3.63) is 22.4 Å². The Kier molecular flexibility index (Phi) is 6.48. The molecule has 0 unspecified atom stereocenters. The highest BCUT2D eigenvalue weighted by atomic mass is 32.1. The van der Waals surface area contributed by atoms with Gasteiger partial charge in [-0.25, -0.2) is 4.79 Å². The molecule has 1 aromatic heterocycles. The first kappa shape index (κ1) is 16.3. The SMILES string of the molecule is C[C@H](O)C[C@H]1COCCN1C(=O)NCCCc1cccs1. The lowest BCUT2D eigenvalue weighted by Gasteiger charge is -2.36. The zero-order chi connectivity index (χ0) is 15.1. The molecule has 2 atom stereocenters. The molecule has 0 aliphatic carbocycles. The molecule has 1 aliphatic heterocycles. The maximum Gasteiger partial charge on any atom is 0.317 e. The van der Waals surface area contributed by atoms with E-state index in [0.717, 1.165) is 12.8 Å². The van der Waals surface area contributed by atoms with Crippen LogP contribution >= 0.6 is 11.3 Å². The van der Waals surface area contributed by atoms with E-state index in [1.54, 1.807) is 23.2 Å². The minimum Gasteiger partial charge on any atom is -0.393 e. The minimum atomic E-state index is -0.425. The van der Waals surface area contributed by atoms with Crippen LogP contribution in [-0.2, 0) is 11.2 Å². The third-order valence-corrected chi connectivity index (χ3v) is 4.49. The predicted octanol–water partition coefficient (Wildman–Crippen LogP) is 1.86. The number of nitrogens with one attached hydrogen (secondary N) is 1.